The molecule has 0 radical (unpaired) electrons. The molecule has 1 aromatic carbocycles. The molecule has 7 nitrogen and oxygen atoms in total. The minimum absolute atomic E-state index is 0.103. The summed E-state index contributed by atoms with van der Waals surface area (Å²) in [6.45, 7) is 4.06. The van der Waals surface area contributed by atoms with E-state index >= 15 is 0 Å². The Balaban J connectivity index is 1.60. The van der Waals surface area contributed by atoms with E-state index in [2.05, 4.69) is 34.3 Å². The number of hydrogen-bond donors (Lipinski definition) is 1. The van der Waals surface area contributed by atoms with Gasteiger partial charge in [0.05, 0.1) is 23.9 Å². The molecule has 0 spiro atoms. The van der Waals surface area contributed by atoms with Crippen molar-refractivity contribution < 1.29 is 4.92 Å². The summed E-state index contributed by atoms with van der Waals surface area (Å²) in [7, 11) is 0. The fraction of sp³-hybridized carbons (Fsp3) is 0.438. The zero-order chi connectivity index (χ0) is 16.2. The van der Waals surface area contributed by atoms with Gasteiger partial charge in [-0.25, -0.2) is 0 Å². The predicted octanol–water partition coefficient (Wildman–Crippen LogP) is 1.47. The maximum atomic E-state index is 10.7. The summed E-state index contributed by atoms with van der Waals surface area (Å²) in [4.78, 5) is 12.6. The zero-order valence-electron chi connectivity index (χ0n) is 12.9. The average molecular weight is 315 g/mol. The third kappa shape index (κ3) is 3.57. The van der Waals surface area contributed by atoms with E-state index in [0.717, 1.165) is 19.6 Å². The Bertz CT molecular complexity index is 658. The van der Waals surface area contributed by atoms with Gasteiger partial charge in [0.2, 0.25) is 0 Å². The molecule has 1 aromatic heterocycles. The Hall–Kier alpha value is -2.25. The zero-order valence-corrected chi connectivity index (χ0v) is 12.9. The summed E-state index contributed by atoms with van der Waals surface area (Å²) in [5, 5.41) is 14.6. The molecule has 0 bridgehead atoms. The number of nitrogens with two attached hydrogens (primary N) is 1. The summed E-state index contributed by atoms with van der Waals surface area (Å²) in [5.74, 6) is 0.797. The summed E-state index contributed by atoms with van der Waals surface area (Å²) in [6, 6.07) is 11.9. The van der Waals surface area contributed by atoms with Crippen LogP contribution in [0.25, 0.3) is 0 Å². The van der Waals surface area contributed by atoms with Crippen LogP contribution in [-0.2, 0) is 6.54 Å². The molecule has 1 aliphatic rings. The second-order valence-electron chi connectivity index (χ2n) is 5.97. The van der Waals surface area contributed by atoms with Gasteiger partial charge in [-0.1, -0.05) is 30.3 Å². The van der Waals surface area contributed by atoms with Crippen LogP contribution in [0.5, 0.6) is 0 Å². The van der Waals surface area contributed by atoms with E-state index in [0.29, 0.717) is 24.9 Å². The van der Waals surface area contributed by atoms with Gasteiger partial charge in [-0.05, 0) is 22.9 Å². The van der Waals surface area contributed by atoms with Crippen LogP contribution in [0.15, 0.2) is 42.6 Å². The van der Waals surface area contributed by atoms with Crippen LogP contribution in [0.4, 0.5) is 5.82 Å². The van der Waals surface area contributed by atoms with E-state index in [4.69, 9.17) is 5.73 Å². The minimum Gasteiger partial charge on any atom is -0.358 e. The number of rotatable bonds is 6. The van der Waals surface area contributed by atoms with Crippen LogP contribution in [0.1, 0.15) is 11.5 Å². The number of benzene rings is 1. The second-order valence-corrected chi connectivity index (χ2v) is 5.97. The first kappa shape index (κ1) is 15.6. The largest absolute Gasteiger partial charge is 0.389 e. The molecule has 0 amide bonds. The van der Waals surface area contributed by atoms with Gasteiger partial charge in [0.15, 0.2) is 0 Å². The van der Waals surface area contributed by atoms with Crippen molar-refractivity contribution in [2.75, 3.05) is 26.2 Å². The highest BCUT2D eigenvalue weighted by atomic mass is 16.6. The quantitative estimate of drug-likeness (QED) is 0.644. The van der Waals surface area contributed by atoms with Crippen LogP contribution in [-0.4, -0.2) is 45.8 Å². The molecule has 1 fully saturated rings. The molecule has 2 heterocycles. The number of aromatic nitrogens is 2. The number of nitro groups is 1. The predicted molar refractivity (Wildman–Crippen MR) is 87.0 cm³/mol. The van der Waals surface area contributed by atoms with Crippen molar-refractivity contribution in [2.24, 2.45) is 11.7 Å². The van der Waals surface area contributed by atoms with Crippen molar-refractivity contribution in [3.05, 3.63) is 58.3 Å². The normalized spacial score (nSPS) is 21.6. The Morgan fingerprint density at radius 1 is 1.22 bits per heavy atom. The molecule has 2 aromatic rings. The Morgan fingerprint density at radius 3 is 2.65 bits per heavy atom. The molecule has 7 heteroatoms. The van der Waals surface area contributed by atoms with Crippen molar-refractivity contribution in [3.63, 3.8) is 0 Å². The van der Waals surface area contributed by atoms with Crippen LogP contribution < -0.4 is 5.73 Å². The first-order valence-corrected chi connectivity index (χ1v) is 7.82. The number of likely N-dealkylation sites (tertiary alicyclic amines) is 1. The maximum Gasteiger partial charge on any atom is 0.389 e. The highest BCUT2D eigenvalue weighted by Gasteiger charge is 2.32. The van der Waals surface area contributed by atoms with Crippen LogP contribution in [0, 0.1) is 16.0 Å². The topological polar surface area (TPSA) is 90.2 Å². The number of hydrogen-bond acceptors (Lipinski definition) is 5. The van der Waals surface area contributed by atoms with Gasteiger partial charge in [-0.3, -0.25) is 0 Å². The first-order valence-electron chi connectivity index (χ1n) is 7.82. The summed E-state index contributed by atoms with van der Waals surface area (Å²) in [6.07, 6.45) is 1.66. The smallest absolute Gasteiger partial charge is 0.358 e. The molecule has 2 atom stereocenters. The van der Waals surface area contributed by atoms with Crippen molar-refractivity contribution in [2.45, 2.75) is 12.5 Å². The van der Waals surface area contributed by atoms with Crippen LogP contribution in [0.3, 0.4) is 0 Å². The summed E-state index contributed by atoms with van der Waals surface area (Å²) >= 11 is 0. The molecule has 2 N–H and O–H groups in total. The second kappa shape index (κ2) is 6.89. The fourth-order valence-corrected chi connectivity index (χ4v) is 3.28. The maximum absolute atomic E-state index is 10.7. The van der Waals surface area contributed by atoms with Gasteiger partial charge in [0.1, 0.15) is 0 Å². The molecule has 0 unspecified atom stereocenters. The monoisotopic (exact) mass is 315 g/mol. The highest BCUT2D eigenvalue weighted by molar-refractivity contribution is 5.22. The van der Waals surface area contributed by atoms with Gasteiger partial charge in [0.25, 0.3) is 0 Å². The lowest BCUT2D eigenvalue weighted by molar-refractivity contribution is -0.389. The molecule has 0 saturated carbocycles. The lowest BCUT2D eigenvalue weighted by atomic mass is 9.89. The van der Waals surface area contributed by atoms with Gasteiger partial charge >= 0.3 is 5.82 Å². The van der Waals surface area contributed by atoms with Crippen molar-refractivity contribution in [3.8, 4) is 0 Å². The molecular formula is C16H21N5O2. The Kier molecular flexibility index (Phi) is 4.68. The van der Waals surface area contributed by atoms with E-state index in [1.165, 1.54) is 11.6 Å². The SMILES string of the molecule is NC[C@@H]1CN(CCn2ccc([N+](=O)[O-])n2)C[C@H]1c1ccccc1. The van der Waals surface area contributed by atoms with Crippen LogP contribution in [0.2, 0.25) is 0 Å². The highest BCUT2D eigenvalue weighted by Crippen LogP contribution is 2.31. The molecule has 122 valence electrons. The molecule has 1 aliphatic heterocycles. The third-order valence-electron chi connectivity index (χ3n) is 4.51. The van der Waals surface area contributed by atoms with E-state index < -0.39 is 4.92 Å². The van der Waals surface area contributed by atoms with E-state index in [9.17, 15) is 10.1 Å². The Labute approximate surface area is 134 Å². The summed E-state index contributed by atoms with van der Waals surface area (Å²) in [5.41, 5.74) is 7.28. The lowest BCUT2D eigenvalue weighted by Crippen LogP contribution is -2.26. The summed E-state index contributed by atoms with van der Waals surface area (Å²) < 4.78 is 1.63. The van der Waals surface area contributed by atoms with Gasteiger partial charge < -0.3 is 20.7 Å². The molecule has 0 aliphatic carbocycles. The average Bonchev–Trinajstić information content (AvgIpc) is 3.20. The van der Waals surface area contributed by atoms with E-state index in [1.807, 2.05) is 6.07 Å². The molecule has 1 saturated heterocycles. The van der Waals surface area contributed by atoms with Crippen LogP contribution >= 0.6 is 0 Å². The van der Waals surface area contributed by atoms with Crippen molar-refractivity contribution in [1.82, 2.24) is 14.7 Å². The molecular weight excluding hydrogens is 294 g/mol. The number of nitrogens with zero attached hydrogens (tertiary/aromatic N) is 4. The first-order chi connectivity index (χ1) is 11.2. The lowest BCUT2D eigenvalue weighted by Gasteiger charge is -2.16. The Morgan fingerprint density at radius 2 is 2.00 bits per heavy atom. The minimum atomic E-state index is -0.470. The molecule has 3 rings (SSSR count). The van der Waals surface area contributed by atoms with E-state index in [1.54, 1.807) is 10.9 Å². The van der Waals surface area contributed by atoms with Crippen molar-refractivity contribution >= 4 is 5.82 Å². The molecule has 23 heavy (non-hydrogen) atoms. The van der Waals surface area contributed by atoms with E-state index in [-0.39, 0.29) is 5.82 Å². The standard InChI is InChI=1S/C16H21N5O2/c17-10-14-11-19(12-15(14)13-4-2-1-3-5-13)8-9-20-7-6-16(18-20)21(22)23/h1-7,14-15H,8-12,17H2/t14-,15+/m1/s1. The fourth-order valence-electron chi connectivity index (χ4n) is 3.28. The van der Waals surface area contributed by atoms with Gasteiger partial charge in [-0.15, -0.1) is 0 Å². The van der Waals surface area contributed by atoms with Crippen molar-refractivity contribution in [1.29, 1.82) is 0 Å². The van der Waals surface area contributed by atoms with Gasteiger partial charge in [-0.2, -0.15) is 4.68 Å². The third-order valence-corrected chi connectivity index (χ3v) is 4.51. The van der Waals surface area contributed by atoms with Gasteiger partial charge in [0, 0.05) is 25.6 Å².